The molecule has 1 aliphatic rings. The van der Waals surface area contributed by atoms with Crippen LogP contribution in [0.1, 0.15) is 25.7 Å². The number of rotatable bonds is 7. The summed E-state index contributed by atoms with van der Waals surface area (Å²) >= 11 is 1.13. The van der Waals surface area contributed by atoms with Gasteiger partial charge in [0.15, 0.2) is 0 Å². The van der Waals surface area contributed by atoms with E-state index in [0.29, 0.717) is 61.1 Å². The number of piperidine rings is 1. The summed E-state index contributed by atoms with van der Waals surface area (Å²) < 4.78 is 38.1. The molecule has 3 heterocycles. The summed E-state index contributed by atoms with van der Waals surface area (Å²) in [5.41, 5.74) is 1.30. The van der Waals surface area contributed by atoms with Crippen molar-refractivity contribution in [2.75, 3.05) is 25.5 Å². The Labute approximate surface area is 190 Å². The molecule has 1 amide bonds. The van der Waals surface area contributed by atoms with Crippen molar-refractivity contribution in [3.8, 4) is 17.1 Å². The van der Waals surface area contributed by atoms with Crippen LogP contribution in [0.15, 0.2) is 44.4 Å². The van der Waals surface area contributed by atoms with Crippen molar-refractivity contribution in [1.29, 1.82) is 0 Å². The Kier molecular flexibility index (Phi) is 6.58. The van der Waals surface area contributed by atoms with Crippen LogP contribution in [0, 0.1) is 5.92 Å². The lowest BCUT2D eigenvalue weighted by molar-refractivity contribution is -0.120. The van der Waals surface area contributed by atoms with Gasteiger partial charge >= 0.3 is 0 Å². The van der Waals surface area contributed by atoms with Crippen LogP contribution in [0.4, 0.5) is 5.69 Å². The molecule has 1 fully saturated rings. The summed E-state index contributed by atoms with van der Waals surface area (Å²) in [6.07, 6.45) is 1.54. The van der Waals surface area contributed by atoms with Gasteiger partial charge in [0.1, 0.15) is 9.96 Å². The summed E-state index contributed by atoms with van der Waals surface area (Å²) in [4.78, 5) is 16.9. The number of methoxy groups -OCH3 is 1. The van der Waals surface area contributed by atoms with E-state index in [2.05, 4.69) is 15.5 Å². The number of aryl methyl sites for hydroxylation is 1. The Bertz CT molecular complexity index is 1180. The molecule has 32 heavy (non-hydrogen) atoms. The van der Waals surface area contributed by atoms with Gasteiger partial charge in [0.2, 0.25) is 17.6 Å². The van der Waals surface area contributed by atoms with Crippen molar-refractivity contribution < 1.29 is 22.5 Å². The second kappa shape index (κ2) is 9.39. The van der Waals surface area contributed by atoms with Crippen LogP contribution in [0.3, 0.4) is 0 Å². The zero-order valence-corrected chi connectivity index (χ0v) is 19.4. The van der Waals surface area contributed by atoms with Crippen LogP contribution in [0.2, 0.25) is 0 Å². The summed E-state index contributed by atoms with van der Waals surface area (Å²) in [6.45, 7) is 2.48. The van der Waals surface area contributed by atoms with E-state index in [0.717, 1.165) is 11.3 Å². The standard InChI is InChI=1S/C21H24N4O5S2/c1-3-18-23-20(24-30-18)15-12-19(31-13-15)32(27,28)25-10-8-14(9-11-25)21(26)22-16-4-6-17(29-2)7-5-16/h4-7,12-14H,3,8-11H2,1-2H3,(H,22,26). The lowest BCUT2D eigenvalue weighted by atomic mass is 9.97. The predicted molar refractivity (Wildman–Crippen MR) is 120 cm³/mol. The Balaban J connectivity index is 1.37. The minimum absolute atomic E-state index is 0.102. The number of hydrogen-bond donors (Lipinski definition) is 1. The Morgan fingerprint density at radius 1 is 1.28 bits per heavy atom. The fourth-order valence-electron chi connectivity index (χ4n) is 3.49. The van der Waals surface area contributed by atoms with Crippen molar-refractivity contribution in [2.45, 2.75) is 30.4 Å². The van der Waals surface area contributed by atoms with Gasteiger partial charge in [-0.15, -0.1) is 11.3 Å². The van der Waals surface area contributed by atoms with E-state index in [-0.39, 0.29) is 16.0 Å². The number of nitrogens with one attached hydrogen (secondary N) is 1. The Morgan fingerprint density at radius 3 is 2.62 bits per heavy atom. The summed E-state index contributed by atoms with van der Waals surface area (Å²) in [7, 11) is -2.06. The van der Waals surface area contributed by atoms with Crippen molar-refractivity contribution in [1.82, 2.24) is 14.4 Å². The number of anilines is 1. The average molecular weight is 477 g/mol. The molecule has 0 radical (unpaired) electrons. The molecule has 9 nitrogen and oxygen atoms in total. The first kappa shape index (κ1) is 22.4. The molecular formula is C21H24N4O5S2. The van der Waals surface area contributed by atoms with Crippen LogP contribution in [-0.4, -0.2) is 49.0 Å². The van der Waals surface area contributed by atoms with Gasteiger partial charge < -0.3 is 14.6 Å². The molecule has 0 atom stereocenters. The molecule has 2 aromatic heterocycles. The maximum Gasteiger partial charge on any atom is 0.252 e. The second-order valence-corrected chi connectivity index (χ2v) is 10.5. The van der Waals surface area contributed by atoms with Gasteiger partial charge in [-0.2, -0.15) is 9.29 Å². The normalized spacial score (nSPS) is 15.6. The molecule has 0 aliphatic carbocycles. The summed E-state index contributed by atoms with van der Waals surface area (Å²) in [5, 5.41) is 8.51. The van der Waals surface area contributed by atoms with E-state index in [1.807, 2.05) is 6.92 Å². The van der Waals surface area contributed by atoms with Crippen molar-refractivity contribution in [3.05, 3.63) is 41.6 Å². The lowest BCUT2D eigenvalue weighted by Crippen LogP contribution is -2.41. The zero-order chi connectivity index (χ0) is 22.7. The minimum atomic E-state index is -3.64. The molecule has 0 bridgehead atoms. The Morgan fingerprint density at radius 2 is 2.00 bits per heavy atom. The SMILES string of the molecule is CCc1nc(-c2csc(S(=O)(=O)N3CCC(C(=O)Nc4ccc(OC)cc4)CC3)c2)no1. The molecule has 1 aromatic carbocycles. The molecule has 3 aromatic rings. The highest BCUT2D eigenvalue weighted by Crippen LogP contribution is 2.31. The number of sulfonamides is 1. The number of thiophene rings is 1. The largest absolute Gasteiger partial charge is 0.497 e. The summed E-state index contributed by atoms with van der Waals surface area (Å²) in [6, 6.07) is 8.68. The number of amides is 1. The molecule has 11 heteroatoms. The van der Waals surface area contributed by atoms with Crippen LogP contribution < -0.4 is 10.1 Å². The fourth-order valence-corrected chi connectivity index (χ4v) is 6.27. The van der Waals surface area contributed by atoms with Crippen molar-refractivity contribution in [2.24, 2.45) is 5.92 Å². The van der Waals surface area contributed by atoms with Crippen LogP contribution in [-0.2, 0) is 21.2 Å². The molecule has 1 aliphatic heterocycles. The molecule has 0 saturated carbocycles. The van der Waals surface area contributed by atoms with Crippen molar-refractivity contribution >= 4 is 33.0 Å². The van der Waals surface area contributed by atoms with Crippen LogP contribution in [0.5, 0.6) is 5.75 Å². The first-order valence-corrected chi connectivity index (χ1v) is 12.6. The maximum absolute atomic E-state index is 13.1. The number of hydrogen-bond acceptors (Lipinski definition) is 8. The quantitative estimate of drug-likeness (QED) is 0.556. The van der Waals surface area contributed by atoms with Gasteiger partial charge in [-0.3, -0.25) is 4.79 Å². The third kappa shape index (κ3) is 4.69. The molecule has 1 N–H and O–H groups in total. The number of aromatic nitrogens is 2. The third-order valence-electron chi connectivity index (χ3n) is 5.38. The maximum atomic E-state index is 13.1. The zero-order valence-electron chi connectivity index (χ0n) is 17.8. The third-order valence-corrected chi connectivity index (χ3v) is 8.69. The van der Waals surface area contributed by atoms with Gasteiger partial charge in [0.25, 0.3) is 10.0 Å². The predicted octanol–water partition coefficient (Wildman–Crippen LogP) is 3.41. The number of nitrogens with zero attached hydrogens (tertiary/aromatic N) is 3. The number of benzene rings is 1. The molecule has 4 rings (SSSR count). The Hall–Kier alpha value is -2.76. The lowest BCUT2D eigenvalue weighted by Gasteiger charge is -2.30. The van der Waals surface area contributed by atoms with E-state index in [1.165, 1.54) is 4.31 Å². The smallest absolute Gasteiger partial charge is 0.252 e. The topological polar surface area (TPSA) is 115 Å². The first-order chi connectivity index (χ1) is 15.4. The number of ether oxygens (including phenoxy) is 1. The molecule has 0 spiro atoms. The highest BCUT2D eigenvalue weighted by atomic mass is 32.2. The van der Waals surface area contributed by atoms with Gasteiger partial charge in [-0.1, -0.05) is 12.1 Å². The molecular weight excluding hydrogens is 452 g/mol. The molecule has 0 unspecified atom stereocenters. The van der Waals surface area contributed by atoms with Crippen LogP contribution in [0.25, 0.3) is 11.4 Å². The van der Waals surface area contributed by atoms with Gasteiger partial charge in [-0.25, -0.2) is 8.42 Å². The van der Waals surface area contributed by atoms with Crippen molar-refractivity contribution in [3.63, 3.8) is 0 Å². The van der Waals surface area contributed by atoms with Crippen LogP contribution >= 0.6 is 11.3 Å². The van der Waals surface area contributed by atoms with Gasteiger partial charge in [0, 0.05) is 42.1 Å². The molecule has 1 saturated heterocycles. The van der Waals surface area contributed by atoms with E-state index < -0.39 is 10.0 Å². The number of carbonyl (C=O) groups excluding carboxylic acids is 1. The van der Waals surface area contributed by atoms with Gasteiger partial charge in [-0.05, 0) is 43.2 Å². The first-order valence-electron chi connectivity index (χ1n) is 10.3. The summed E-state index contributed by atoms with van der Waals surface area (Å²) in [5.74, 6) is 1.26. The minimum Gasteiger partial charge on any atom is -0.497 e. The molecule has 170 valence electrons. The van der Waals surface area contributed by atoms with E-state index >= 15 is 0 Å². The second-order valence-electron chi connectivity index (χ2n) is 7.42. The highest BCUT2D eigenvalue weighted by Gasteiger charge is 2.33. The monoisotopic (exact) mass is 476 g/mol. The average Bonchev–Trinajstić information content (AvgIpc) is 3.49. The highest BCUT2D eigenvalue weighted by molar-refractivity contribution is 7.91. The fraction of sp³-hybridized carbons (Fsp3) is 0.381. The van der Waals surface area contributed by atoms with Gasteiger partial charge in [0.05, 0.1) is 7.11 Å². The number of carbonyl (C=O) groups is 1. The van der Waals surface area contributed by atoms with E-state index in [1.54, 1.807) is 42.8 Å². The van der Waals surface area contributed by atoms with E-state index in [4.69, 9.17) is 9.26 Å². The van der Waals surface area contributed by atoms with E-state index in [9.17, 15) is 13.2 Å².